The molecule has 0 fully saturated rings. The van der Waals surface area contributed by atoms with Gasteiger partial charge >= 0.3 is 0 Å². The lowest BCUT2D eigenvalue weighted by molar-refractivity contribution is 0.581. The summed E-state index contributed by atoms with van der Waals surface area (Å²) in [5.74, 6) is 1.10. The first kappa shape index (κ1) is 25.4. The van der Waals surface area contributed by atoms with Crippen LogP contribution in [0.4, 0.5) is 0 Å². The van der Waals surface area contributed by atoms with Gasteiger partial charge in [0.1, 0.15) is 11.7 Å². The van der Waals surface area contributed by atoms with E-state index in [1.54, 1.807) is 0 Å². The predicted molar refractivity (Wildman–Crippen MR) is 147 cm³/mol. The summed E-state index contributed by atoms with van der Waals surface area (Å²) in [6, 6.07) is 28.1. The zero-order chi connectivity index (χ0) is 24.4. The number of aliphatic imine (C=N–C) groups is 1. The van der Waals surface area contributed by atoms with Crippen molar-refractivity contribution < 1.29 is 0 Å². The highest BCUT2D eigenvalue weighted by atomic mass is 15.0. The quantitative estimate of drug-likeness (QED) is 0.195. The van der Waals surface area contributed by atoms with Gasteiger partial charge in [0.05, 0.1) is 0 Å². The van der Waals surface area contributed by atoms with Crippen molar-refractivity contribution in [2.45, 2.75) is 59.3 Å². The van der Waals surface area contributed by atoms with Gasteiger partial charge in [-0.3, -0.25) is 5.41 Å². The molecule has 3 heteroatoms. The lowest BCUT2D eigenvalue weighted by Gasteiger charge is -2.17. The molecular formula is C31H39N3. The molecular weight excluding hydrogens is 414 g/mol. The monoisotopic (exact) mass is 453 g/mol. The lowest BCUT2D eigenvalue weighted by atomic mass is 9.95. The fraction of sp³-hybridized carbons (Fsp3) is 0.355. The van der Waals surface area contributed by atoms with Gasteiger partial charge in [-0.1, -0.05) is 106 Å². The van der Waals surface area contributed by atoms with E-state index in [-0.39, 0.29) is 5.41 Å². The summed E-state index contributed by atoms with van der Waals surface area (Å²) < 4.78 is 0. The van der Waals surface area contributed by atoms with Gasteiger partial charge in [-0.05, 0) is 54.0 Å². The van der Waals surface area contributed by atoms with Crippen molar-refractivity contribution >= 4 is 11.7 Å². The van der Waals surface area contributed by atoms with Crippen LogP contribution in [0.2, 0.25) is 0 Å². The molecule has 0 aliphatic heterocycles. The Morgan fingerprint density at radius 3 is 1.97 bits per heavy atom. The number of aryl methyl sites for hydroxylation is 2. The van der Waals surface area contributed by atoms with Gasteiger partial charge in [-0.2, -0.15) is 0 Å². The number of rotatable bonds is 9. The molecule has 0 radical (unpaired) electrons. The van der Waals surface area contributed by atoms with Crippen LogP contribution in [0.1, 0.15) is 63.1 Å². The second-order valence-electron chi connectivity index (χ2n) is 9.99. The van der Waals surface area contributed by atoms with E-state index in [9.17, 15) is 0 Å². The summed E-state index contributed by atoms with van der Waals surface area (Å²) in [7, 11) is 1.86. The molecule has 34 heavy (non-hydrogen) atoms. The van der Waals surface area contributed by atoms with Crippen LogP contribution in [-0.4, -0.2) is 18.7 Å². The van der Waals surface area contributed by atoms with Crippen LogP contribution >= 0.6 is 0 Å². The van der Waals surface area contributed by atoms with E-state index in [4.69, 9.17) is 5.41 Å². The van der Waals surface area contributed by atoms with Gasteiger partial charge in [0, 0.05) is 18.0 Å². The topological polar surface area (TPSA) is 48.2 Å². The van der Waals surface area contributed by atoms with Crippen LogP contribution in [0, 0.1) is 10.8 Å². The molecule has 3 nitrogen and oxygen atoms in total. The molecule has 0 unspecified atom stereocenters. The SMILES string of the molecule is CN/C(=N\C(=N)C(C)(C)C)c1cccc(-c2cccc(CCCCCCc3ccccc3)c2)c1. The van der Waals surface area contributed by atoms with Crippen molar-refractivity contribution in [2.24, 2.45) is 10.4 Å². The maximum absolute atomic E-state index is 8.29. The first-order valence-electron chi connectivity index (χ1n) is 12.5. The van der Waals surface area contributed by atoms with Crippen molar-refractivity contribution in [1.29, 1.82) is 5.41 Å². The van der Waals surface area contributed by atoms with Gasteiger partial charge in [-0.25, -0.2) is 4.99 Å². The molecule has 2 N–H and O–H groups in total. The minimum atomic E-state index is -0.282. The molecule has 0 saturated carbocycles. The van der Waals surface area contributed by atoms with E-state index in [1.807, 2.05) is 33.9 Å². The Labute approximate surface area is 205 Å². The maximum atomic E-state index is 8.29. The standard InChI is InChI=1S/C31H39N3/c1-31(2,3)30(32)34-29(33-4)28-21-13-20-27(23-28)26-19-12-18-25(22-26)17-9-6-5-8-14-24-15-10-7-11-16-24/h7,10-13,15-16,18-23H,5-6,8-9,14,17H2,1-4H3,(H2,32,33,34). The summed E-state index contributed by atoms with van der Waals surface area (Å²) in [6.45, 7) is 6.03. The highest BCUT2D eigenvalue weighted by Gasteiger charge is 2.17. The van der Waals surface area contributed by atoms with Gasteiger partial charge < -0.3 is 5.32 Å². The fourth-order valence-electron chi connectivity index (χ4n) is 3.95. The zero-order valence-corrected chi connectivity index (χ0v) is 21.2. The normalized spacial score (nSPS) is 11.9. The van der Waals surface area contributed by atoms with E-state index < -0.39 is 0 Å². The van der Waals surface area contributed by atoms with Crippen LogP contribution in [0.15, 0.2) is 83.9 Å². The molecule has 3 rings (SSSR count). The summed E-state index contributed by atoms with van der Waals surface area (Å²) in [6.07, 6.45) is 7.34. The van der Waals surface area contributed by atoms with Crippen LogP contribution < -0.4 is 5.32 Å². The Hall–Kier alpha value is -3.20. The van der Waals surface area contributed by atoms with Gasteiger partial charge in [0.25, 0.3) is 0 Å². The van der Waals surface area contributed by atoms with Gasteiger partial charge in [0.15, 0.2) is 0 Å². The van der Waals surface area contributed by atoms with Gasteiger partial charge in [-0.15, -0.1) is 0 Å². The zero-order valence-electron chi connectivity index (χ0n) is 21.2. The first-order chi connectivity index (χ1) is 16.4. The van der Waals surface area contributed by atoms with Crippen molar-refractivity contribution in [3.8, 4) is 11.1 Å². The van der Waals surface area contributed by atoms with Crippen molar-refractivity contribution in [1.82, 2.24) is 5.32 Å². The molecule has 0 spiro atoms. The van der Waals surface area contributed by atoms with Crippen molar-refractivity contribution in [2.75, 3.05) is 7.05 Å². The number of unbranched alkanes of at least 4 members (excludes halogenated alkanes) is 3. The Balaban J connectivity index is 1.59. The minimum absolute atomic E-state index is 0.282. The van der Waals surface area contributed by atoms with E-state index in [2.05, 4.69) is 83.1 Å². The molecule has 0 aliphatic carbocycles. The third-order valence-electron chi connectivity index (χ3n) is 6.09. The molecule has 0 heterocycles. The average Bonchev–Trinajstić information content (AvgIpc) is 2.85. The Morgan fingerprint density at radius 2 is 1.32 bits per heavy atom. The number of benzene rings is 3. The lowest BCUT2D eigenvalue weighted by Crippen LogP contribution is -2.25. The molecule has 3 aromatic carbocycles. The molecule has 178 valence electrons. The third kappa shape index (κ3) is 7.69. The Morgan fingerprint density at radius 1 is 0.735 bits per heavy atom. The van der Waals surface area contributed by atoms with Crippen molar-refractivity contribution in [3.05, 3.63) is 95.6 Å². The minimum Gasteiger partial charge on any atom is -0.373 e. The molecule has 0 atom stereocenters. The van der Waals surface area contributed by atoms with E-state index in [0.29, 0.717) is 5.84 Å². The highest BCUT2D eigenvalue weighted by molar-refractivity contribution is 6.07. The average molecular weight is 454 g/mol. The first-order valence-corrected chi connectivity index (χ1v) is 12.5. The second kappa shape index (κ2) is 12.3. The predicted octanol–water partition coefficient (Wildman–Crippen LogP) is 7.69. The largest absolute Gasteiger partial charge is 0.373 e. The summed E-state index contributed by atoms with van der Waals surface area (Å²) in [5, 5.41) is 11.5. The van der Waals surface area contributed by atoms with E-state index in [1.165, 1.54) is 54.4 Å². The molecule has 3 aromatic rings. The number of hydrogen-bond donors (Lipinski definition) is 2. The van der Waals surface area contributed by atoms with E-state index >= 15 is 0 Å². The summed E-state index contributed by atoms with van der Waals surface area (Å²) >= 11 is 0. The van der Waals surface area contributed by atoms with Crippen LogP contribution in [0.3, 0.4) is 0 Å². The molecule has 0 bridgehead atoms. The second-order valence-corrected chi connectivity index (χ2v) is 9.99. The summed E-state index contributed by atoms with van der Waals surface area (Å²) in [4.78, 5) is 4.56. The number of nitrogens with one attached hydrogen (secondary N) is 2. The van der Waals surface area contributed by atoms with Crippen LogP contribution in [0.5, 0.6) is 0 Å². The highest BCUT2D eigenvalue weighted by Crippen LogP contribution is 2.23. The van der Waals surface area contributed by atoms with Gasteiger partial charge in [0.2, 0.25) is 0 Å². The van der Waals surface area contributed by atoms with Crippen LogP contribution in [-0.2, 0) is 12.8 Å². The smallest absolute Gasteiger partial charge is 0.135 e. The number of hydrogen-bond acceptors (Lipinski definition) is 1. The Bertz CT molecular complexity index is 1090. The fourth-order valence-corrected chi connectivity index (χ4v) is 3.95. The molecule has 0 amide bonds. The van der Waals surface area contributed by atoms with Crippen molar-refractivity contribution in [3.63, 3.8) is 0 Å². The molecule has 0 aromatic heterocycles. The summed E-state index contributed by atoms with van der Waals surface area (Å²) in [5.41, 5.74) is 5.95. The third-order valence-corrected chi connectivity index (χ3v) is 6.09. The number of nitrogens with zero attached hydrogens (tertiary/aromatic N) is 1. The Kier molecular flexibility index (Phi) is 9.21. The molecule has 0 saturated heterocycles. The van der Waals surface area contributed by atoms with E-state index in [0.717, 1.165) is 17.8 Å². The van der Waals surface area contributed by atoms with Crippen LogP contribution in [0.25, 0.3) is 11.1 Å². The number of amidine groups is 2. The molecule has 0 aliphatic rings. The maximum Gasteiger partial charge on any atom is 0.135 e.